The molecule has 0 saturated carbocycles. The summed E-state index contributed by atoms with van der Waals surface area (Å²) in [5, 5.41) is 9.59. The van der Waals surface area contributed by atoms with Gasteiger partial charge < -0.3 is 9.84 Å². The van der Waals surface area contributed by atoms with E-state index in [4.69, 9.17) is 0 Å². The van der Waals surface area contributed by atoms with Crippen LogP contribution in [0.5, 0.6) is 5.88 Å². The highest BCUT2D eigenvalue weighted by atomic mass is 16.5. The van der Waals surface area contributed by atoms with Gasteiger partial charge in [0, 0.05) is 6.54 Å². The van der Waals surface area contributed by atoms with E-state index in [0.29, 0.717) is 0 Å². The van der Waals surface area contributed by atoms with Gasteiger partial charge in [-0.25, -0.2) is 4.79 Å². The van der Waals surface area contributed by atoms with Gasteiger partial charge in [-0.3, -0.25) is 19.1 Å². The Morgan fingerprint density at radius 2 is 2.12 bits per heavy atom. The summed E-state index contributed by atoms with van der Waals surface area (Å²) in [7, 11) is 0. The second-order valence-electron chi connectivity index (χ2n) is 3.41. The minimum Gasteiger partial charge on any atom is -0.494 e. The molecule has 1 heterocycles. The third kappa shape index (κ3) is 2.96. The predicted octanol–water partition coefficient (Wildman–Crippen LogP) is -0.496. The van der Waals surface area contributed by atoms with Crippen LogP contribution in [-0.4, -0.2) is 27.2 Å². The number of nitrogens with one attached hydrogen (secondary N) is 1. The zero-order valence-corrected chi connectivity index (χ0v) is 9.65. The van der Waals surface area contributed by atoms with Crippen molar-refractivity contribution in [2.45, 2.75) is 26.8 Å². The second-order valence-corrected chi connectivity index (χ2v) is 3.41. The van der Waals surface area contributed by atoms with Crippen molar-refractivity contribution in [3.8, 4) is 5.88 Å². The Balaban J connectivity index is 2.93. The Labute approximate surface area is 96.7 Å². The Hall–Kier alpha value is -2.05. The van der Waals surface area contributed by atoms with Gasteiger partial charge in [0.15, 0.2) is 0 Å². The molecule has 94 valence electrons. The average Bonchev–Trinajstić information content (AvgIpc) is 2.26. The fourth-order valence-electron chi connectivity index (χ4n) is 1.30. The summed E-state index contributed by atoms with van der Waals surface area (Å²) in [6, 6.07) is 0. The van der Waals surface area contributed by atoms with Crippen LogP contribution in [0.25, 0.3) is 0 Å². The van der Waals surface area contributed by atoms with Gasteiger partial charge in [0.25, 0.3) is 5.56 Å². The van der Waals surface area contributed by atoms with Crippen molar-refractivity contribution in [3.05, 3.63) is 26.4 Å². The lowest BCUT2D eigenvalue weighted by Crippen LogP contribution is -2.32. The standard InChI is InChI=1S/C10H14N2O5/c1-3-17-7(13)4-5-12-9(15)6(2)8(14)11-10(12)16/h15H,3-5H2,1-2H3,(H,11,14,16). The number of ether oxygens (including phenoxy) is 1. The molecule has 7 nitrogen and oxygen atoms in total. The molecule has 0 radical (unpaired) electrons. The number of hydrogen-bond donors (Lipinski definition) is 2. The zero-order valence-electron chi connectivity index (χ0n) is 9.65. The van der Waals surface area contributed by atoms with Gasteiger partial charge in [0.1, 0.15) is 0 Å². The van der Waals surface area contributed by atoms with Crippen molar-refractivity contribution in [1.82, 2.24) is 9.55 Å². The predicted molar refractivity (Wildman–Crippen MR) is 59.0 cm³/mol. The Morgan fingerprint density at radius 3 is 2.71 bits per heavy atom. The van der Waals surface area contributed by atoms with Gasteiger partial charge in [0.2, 0.25) is 5.88 Å². The van der Waals surface area contributed by atoms with Gasteiger partial charge in [-0.2, -0.15) is 0 Å². The third-order valence-corrected chi connectivity index (χ3v) is 2.24. The summed E-state index contributed by atoms with van der Waals surface area (Å²) in [5.74, 6) is -0.897. The van der Waals surface area contributed by atoms with Gasteiger partial charge in [-0.15, -0.1) is 0 Å². The monoisotopic (exact) mass is 242 g/mol. The van der Waals surface area contributed by atoms with Crippen molar-refractivity contribution in [2.24, 2.45) is 0 Å². The number of rotatable bonds is 4. The maximum Gasteiger partial charge on any atom is 0.331 e. The van der Waals surface area contributed by atoms with Crippen LogP contribution in [0.3, 0.4) is 0 Å². The first-order valence-corrected chi connectivity index (χ1v) is 5.15. The number of aromatic amines is 1. The molecule has 0 aliphatic rings. The van der Waals surface area contributed by atoms with Gasteiger partial charge >= 0.3 is 11.7 Å². The van der Waals surface area contributed by atoms with Crippen LogP contribution >= 0.6 is 0 Å². The van der Waals surface area contributed by atoms with E-state index in [-0.39, 0.29) is 25.1 Å². The maximum absolute atomic E-state index is 11.4. The summed E-state index contributed by atoms with van der Waals surface area (Å²) in [6.45, 7) is 3.27. The van der Waals surface area contributed by atoms with Crippen molar-refractivity contribution in [1.29, 1.82) is 0 Å². The normalized spacial score (nSPS) is 10.2. The number of nitrogens with zero attached hydrogens (tertiary/aromatic N) is 1. The molecule has 2 N–H and O–H groups in total. The van der Waals surface area contributed by atoms with Crippen molar-refractivity contribution in [2.75, 3.05) is 6.61 Å². The summed E-state index contributed by atoms with van der Waals surface area (Å²) in [6.07, 6.45) is -0.0488. The molecule has 0 bridgehead atoms. The number of esters is 1. The lowest BCUT2D eigenvalue weighted by molar-refractivity contribution is -0.143. The van der Waals surface area contributed by atoms with E-state index in [2.05, 4.69) is 4.74 Å². The first kappa shape index (κ1) is 13.0. The molecule has 0 amide bonds. The number of aromatic hydroxyl groups is 1. The smallest absolute Gasteiger partial charge is 0.331 e. The number of carbonyl (C=O) groups is 1. The Kier molecular flexibility index (Phi) is 4.08. The highest BCUT2D eigenvalue weighted by Gasteiger charge is 2.11. The first-order chi connectivity index (χ1) is 7.97. The number of aromatic nitrogens is 2. The fourth-order valence-corrected chi connectivity index (χ4v) is 1.30. The Bertz CT molecular complexity index is 528. The van der Waals surface area contributed by atoms with Gasteiger partial charge in [-0.05, 0) is 13.8 Å². The molecule has 0 fully saturated rings. The number of H-pyrrole nitrogens is 1. The van der Waals surface area contributed by atoms with E-state index in [1.54, 1.807) is 6.92 Å². The molecule has 0 aliphatic carbocycles. The zero-order chi connectivity index (χ0) is 13.0. The van der Waals surface area contributed by atoms with Crippen LogP contribution in [0.4, 0.5) is 0 Å². The van der Waals surface area contributed by atoms with Gasteiger partial charge in [0.05, 0.1) is 18.6 Å². The molecule has 0 aliphatic heterocycles. The fraction of sp³-hybridized carbons (Fsp3) is 0.500. The molecule has 1 rings (SSSR count). The molecule has 17 heavy (non-hydrogen) atoms. The third-order valence-electron chi connectivity index (χ3n) is 2.24. The van der Waals surface area contributed by atoms with E-state index in [9.17, 15) is 19.5 Å². The molecule has 7 heteroatoms. The second kappa shape index (κ2) is 5.33. The minimum atomic E-state index is -0.748. The molecule has 0 atom stereocenters. The van der Waals surface area contributed by atoms with E-state index in [0.717, 1.165) is 4.57 Å². The summed E-state index contributed by atoms with van der Waals surface area (Å²) >= 11 is 0. The molecular weight excluding hydrogens is 228 g/mol. The molecule has 1 aromatic rings. The molecular formula is C10H14N2O5. The van der Waals surface area contributed by atoms with Crippen LogP contribution in [0.1, 0.15) is 18.9 Å². The van der Waals surface area contributed by atoms with E-state index in [1.165, 1.54) is 6.92 Å². The lowest BCUT2D eigenvalue weighted by atomic mass is 10.3. The average molecular weight is 242 g/mol. The largest absolute Gasteiger partial charge is 0.494 e. The topological polar surface area (TPSA) is 101 Å². The minimum absolute atomic E-state index is 0.0356. The van der Waals surface area contributed by atoms with Crippen LogP contribution < -0.4 is 11.2 Å². The van der Waals surface area contributed by atoms with Crippen molar-refractivity contribution >= 4 is 5.97 Å². The molecule has 0 aromatic carbocycles. The first-order valence-electron chi connectivity index (χ1n) is 5.15. The van der Waals surface area contributed by atoms with Gasteiger partial charge in [-0.1, -0.05) is 0 Å². The van der Waals surface area contributed by atoms with Crippen LogP contribution in [-0.2, 0) is 16.1 Å². The number of hydrogen-bond acceptors (Lipinski definition) is 5. The SMILES string of the molecule is CCOC(=O)CCn1c(O)c(C)c(=O)[nH]c1=O. The van der Waals surface area contributed by atoms with E-state index < -0.39 is 23.1 Å². The summed E-state index contributed by atoms with van der Waals surface area (Å²) in [5.41, 5.74) is -1.35. The van der Waals surface area contributed by atoms with Crippen LogP contribution in [0.2, 0.25) is 0 Å². The molecule has 0 spiro atoms. The van der Waals surface area contributed by atoms with E-state index >= 15 is 0 Å². The highest BCUT2D eigenvalue weighted by Crippen LogP contribution is 2.08. The maximum atomic E-state index is 11.4. The molecule has 0 saturated heterocycles. The van der Waals surface area contributed by atoms with Crippen molar-refractivity contribution < 1.29 is 14.6 Å². The van der Waals surface area contributed by atoms with Crippen molar-refractivity contribution in [3.63, 3.8) is 0 Å². The summed E-state index contributed by atoms with van der Waals surface area (Å²) < 4.78 is 5.61. The molecule has 1 aromatic heterocycles. The van der Waals surface area contributed by atoms with E-state index in [1.807, 2.05) is 4.98 Å². The molecule has 0 unspecified atom stereocenters. The van der Waals surface area contributed by atoms with Crippen LogP contribution in [0.15, 0.2) is 9.59 Å². The summed E-state index contributed by atoms with van der Waals surface area (Å²) in [4.78, 5) is 35.7. The Morgan fingerprint density at radius 1 is 1.47 bits per heavy atom. The number of carbonyl (C=O) groups excluding carboxylic acids is 1. The quantitative estimate of drug-likeness (QED) is 0.693. The lowest BCUT2D eigenvalue weighted by Gasteiger charge is -2.08. The van der Waals surface area contributed by atoms with Crippen LogP contribution in [0, 0.1) is 6.92 Å². The highest BCUT2D eigenvalue weighted by molar-refractivity contribution is 5.69.